The van der Waals surface area contributed by atoms with Crippen molar-refractivity contribution < 1.29 is 4.79 Å². The van der Waals surface area contributed by atoms with Gasteiger partial charge in [0, 0.05) is 22.8 Å². The van der Waals surface area contributed by atoms with E-state index in [-0.39, 0.29) is 5.91 Å². The van der Waals surface area contributed by atoms with Gasteiger partial charge in [0.05, 0.1) is 29.0 Å². The Balaban J connectivity index is 1.68. The average molecular weight is 383 g/mol. The summed E-state index contributed by atoms with van der Waals surface area (Å²) in [5.74, 6) is -0.359. The van der Waals surface area contributed by atoms with Crippen molar-refractivity contribution in [3.05, 3.63) is 82.3 Å². The fraction of sp³-hybridized carbons (Fsp3) is 0.0476. The molecule has 0 spiro atoms. The van der Waals surface area contributed by atoms with Crippen LogP contribution < -0.4 is 5.32 Å². The number of nitrogens with zero attached hydrogens (tertiary/aromatic N) is 4. The number of thiophene rings is 1. The van der Waals surface area contributed by atoms with Crippen molar-refractivity contribution in [1.82, 2.24) is 14.7 Å². The summed E-state index contributed by atoms with van der Waals surface area (Å²) in [6, 6.07) is 17.7. The number of carbonyl (C=O) groups is 1. The molecule has 1 amide bonds. The topological polar surface area (TPSA) is 94.0 Å². The molecule has 6 nitrogen and oxygen atoms in total. The van der Waals surface area contributed by atoms with Crippen LogP contribution in [0.4, 0.5) is 0 Å². The highest BCUT2D eigenvalue weighted by atomic mass is 32.1. The molecule has 1 N–H and O–H groups in total. The second-order valence-electron chi connectivity index (χ2n) is 6.02. The standard InChI is InChI=1S/C21H13N5OS/c22-11-14-5-7-15(8-6-14)18-13-26-9-1-3-16(20(26)24-18)21(27)25-17(12-23)19-4-2-10-28-19/h1-10,13,17H,(H,25,27). The molecule has 0 aliphatic carbocycles. The first-order valence-electron chi connectivity index (χ1n) is 8.42. The number of aromatic nitrogens is 2. The van der Waals surface area contributed by atoms with Gasteiger partial charge < -0.3 is 9.72 Å². The van der Waals surface area contributed by atoms with E-state index >= 15 is 0 Å². The van der Waals surface area contributed by atoms with Gasteiger partial charge in [-0.1, -0.05) is 18.2 Å². The fourth-order valence-corrected chi connectivity index (χ4v) is 3.60. The van der Waals surface area contributed by atoms with Crippen LogP contribution in [0.25, 0.3) is 16.9 Å². The van der Waals surface area contributed by atoms with Crippen LogP contribution >= 0.6 is 11.3 Å². The molecule has 0 bridgehead atoms. The van der Waals surface area contributed by atoms with Crippen molar-refractivity contribution in [1.29, 1.82) is 10.5 Å². The lowest BCUT2D eigenvalue weighted by atomic mass is 10.1. The van der Waals surface area contributed by atoms with Gasteiger partial charge in [-0.25, -0.2) is 4.98 Å². The zero-order valence-electron chi connectivity index (χ0n) is 14.5. The van der Waals surface area contributed by atoms with Crippen molar-refractivity contribution in [3.8, 4) is 23.4 Å². The van der Waals surface area contributed by atoms with Gasteiger partial charge in [-0.05, 0) is 35.7 Å². The van der Waals surface area contributed by atoms with Crippen molar-refractivity contribution in [2.75, 3.05) is 0 Å². The number of nitrogens with one attached hydrogen (secondary N) is 1. The minimum Gasteiger partial charge on any atom is -0.332 e. The summed E-state index contributed by atoms with van der Waals surface area (Å²) in [6.07, 6.45) is 3.64. The zero-order chi connectivity index (χ0) is 19.5. The Bertz CT molecular complexity index is 1230. The van der Waals surface area contributed by atoms with E-state index in [4.69, 9.17) is 5.26 Å². The number of hydrogen-bond donors (Lipinski definition) is 1. The summed E-state index contributed by atoms with van der Waals surface area (Å²) >= 11 is 1.42. The molecule has 0 fully saturated rings. The molecule has 0 aliphatic heterocycles. The Hall–Kier alpha value is -3.94. The van der Waals surface area contributed by atoms with E-state index in [0.717, 1.165) is 10.4 Å². The second kappa shape index (κ2) is 7.36. The molecule has 0 saturated carbocycles. The second-order valence-corrected chi connectivity index (χ2v) is 7.00. The lowest BCUT2D eigenvalue weighted by Crippen LogP contribution is -2.27. The summed E-state index contributed by atoms with van der Waals surface area (Å²) in [5, 5.41) is 23.0. The number of imidazole rings is 1. The fourth-order valence-electron chi connectivity index (χ4n) is 2.88. The number of hydrogen-bond acceptors (Lipinski definition) is 5. The van der Waals surface area contributed by atoms with Crippen LogP contribution in [0.1, 0.15) is 26.8 Å². The summed E-state index contributed by atoms with van der Waals surface area (Å²) < 4.78 is 1.77. The van der Waals surface area contributed by atoms with Crippen LogP contribution in [0.2, 0.25) is 0 Å². The maximum atomic E-state index is 12.8. The molecule has 1 aromatic carbocycles. The molecule has 3 heterocycles. The van der Waals surface area contributed by atoms with Crippen LogP contribution in [0.5, 0.6) is 0 Å². The summed E-state index contributed by atoms with van der Waals surface area (Å²) in [6.45, 7) is 0. The largest absolute Gasteiger partial charge is 0.332 e. The highest BCUT2D eigenvalue weighted by Gasteiger charge is 2.19. The Kier molecular flexibility index (Phi) is 4.59. The lowest BCUT2D eigenvalue weighted by Gasteiger charge is -2.10. The Morgan fingerprint density at radius 3 is 2.64 bits per heavy atom. The minimum absolute atomic E-state index is 0.359. The van der Waals surface area contributed by atoms with Crippen molar-refractivity contribution in [3.63, 3.8) is 0 Å². The van der Waals surface area contributed by atoms with Crippen LogP contribution in [0, 0.1) is 22.7 Å². The summed E-state index contributed by atoms with van der Waals surface area (Å²) in [7, 11) is 0. The van der Waals surface area contributed by atoms with Gasteiger partial charge in [-0.15, -0.1) is 11.3 Å². The molecule has 134 valence electrons. The first-order valence-corrected chi connectivity index (χ1v) is 9.29. The van der Waals surface area contributed by atoms with Crippen molar-refractivity contribution >= 4 is 22.9 Å². The Morgan fingerprint density at radius 1 is 1.14 bits per heavy atom. The van der Waals surface area contributed by atoms with Gasteiger partial charge in [0.15, 0.2) is 6.04 Å². The molecule has 0 saturated heterocycles. The molecule has 0 radical (unpaired) electrons. The minimum atomic E-state index is -0.708. The quantitative estimate of drug-likeness (QED) is 0.578. The highest BCUT2D eigenvalue weighted by molar-refractivity contribution is 7.10. The van der Waals surface area contributed by atoms with E-state index in [1.807, 2.05) is 42.0 Å². The maximum Gasteiger partial charge on any atom is 0.256 e. The molecule has 0 aliphatic rings. The Labute approximate surface area is 164 Å². The van der Waals surface area contributed by atoms with Gasteiger partial charge in [-0.3, -0.25) is 4.79 Å². The number of fused-ring (bicyclic) bond motifs is 1. The molecular weight excluding hydrogens is 370 g/mol. The number of nitriles is 2. The number of pyridine rings is 1. The number of rotatable bonds is 4. The van der Waals surface area contributed by atoms with Gasteiger partial charge >= 0.3 is 0 Å². The van der Waals surface area contributed by atoms with Crippen LogP contribution in [0.15, 0.2) is 66.3 Å². The first-order chi connectivity index (χ1) is 13.7. The predicted molar refractivity (Wildman–Crippen MR) is 105 cm³/mol. The molecule has 7 heteroatoms. The molecule has 1 unspecified atom stereocenters. The van der Waals surface area contributed by atoms with E-state index in [2.05, 4.69) is 22.4 Å². The maximum absolute atomic E-state index is 12.8. The van der Waals surface area contributed by atoms with E-state index in [0.29, 0.717) is 22.5 Å². The molecule has 3 aromatic heterocycles. The third-order valence-corrected chi connectivity index (χ3v) is 5.21. The van der Waals surface area contributed by atoms with Crippen molar-refractivity contribution in [2.24, 2.45) is 0 Å². The molecule has 4 rings (SSSR count). The first kappa shape index (κ1) is 17.5. The van der Waals surface area contributed by atoms with Crippen molar-refractivity contribution in [2.45, 2.75) is 6.04 Å². The highest BCUT2D eigenvalue weighted by Crippen LogP contribution is 2.23. The monoisotopic (exact) mass is 383 g/mol. The third-order valence-electron chi connectivity index (χ3n) is 4.27. The van der Waals surface area contributed by atoms with Gasteiger partial charge in [0.25, 0.3) is 5.91 Å². The number of amides is 1. The third kappa shape index (κ3) is 3.23. The van der Waals surface area contributed by atoms with Gasteiger partial charge in [0.1, 0.15) is 5.65 Å². The summed E-state index contributed by atoms with van der Waals surface area (Å²) in [5.41, 5.74) is 3.01. The van der Waals surface area contributed by atoms with E-state index in [9.17, 15) is 10.1 Å². The molecule has 4 aromatic rings. The number of benzene rings is 1. The van der Waals surface area contributed by atoms with E-state index in [1.54, 1.807) is 28.7 Å². The zero-order valence-corrected chi connectivity index (χ0v) is 15.4. The summed E-state index contributed by atoms with van der Waals surface area (Å²) in [4.78, 5) is 18.2. The normalized spacial score (nSPS) is 11.5. The Morgan fingerprint density at radius 2 is 1.96 bits per heavy atom. The van der Waals surface area contributed by atoms with Crippen LogP contribution in [0.3, 0.4) is 0 Å². The number of carbonyl (C=O) groups excluding carboxylic acids is 1. The average Bonchev–Trinajstić information content (AvgIpc) is 3.41. The predicted octanol–water partition coefficient (Wildman–Crippen LogP) is 3.93. The molecular formula is C21H13N5OS. The van der Waals surface area contributed by atoms with E-state index in [1.165, 1.54) is 11.3 Å². The van der Waals surface area contributed by atoms with Crippen LogP contribution in [-0.2, 0) is 0 Å². The van der Waals surface area contributed by atoms with E-state index < -0.39 is 6.04 Å². The molecule has 28 heavy (non-hydrogen) atoms. The van der Waals surface area contributed by atoms with Crippen LogP contribution in [-0.4, -0.2) is 15.3 Å². The van der Waals surface area contributed by atoms with Gasteiger partial charge in [-0.2, -0.15) is 10.5 Å². The lowest BCUT2D eigenvalue weighted by molar-refractivity contribution is 0.0947. The molecule has 1 atom stereocenters. The SMILES string of the molecule is N#Cc1ccc(-c2cn3cccc(C(=O)NC(C#N)c4cccs4)c3n2)cc1. The smallest absolute Gasteiger partial charge is 0.256 e. The van der Waals surface area contributed by atoms with Gasteiger partial charge in [0.2, 0.25) is 0 Å².